The van der Waals surface area contributed by atoms with Crippen molar-refractivity contribution in [2.75, 3.05) is 37.4 Å². The largest absolute Gasteiger partial charge is 0.492 e. The van der Waals surface area contributed by atoms with Gasteiger partial charge in [-0.05, 0) is 45.2 Å². The van der Waals surface area contributed by atoms with E-state index in [0.29, 0.717) is 60.0 Å². The summed E-state index contributed by atoms with van der Waals surface area (Å²) in [7, 11) is 1.88. The van der Waals surface area contributed by atoms with Gasteiger partial charge < -0.3 is 20.3 Å². The maximum absolute atomic E-state index is 13.5. The second kappa shape index (κ2) is 12.2. The Morgan fingerprint density at radius 2 is 2.03 bits per heavy atom. The number of nitrogens with zero attached hydrogens (tertiary/aromatic N) is 3. The fraction of sp³-hybridized carbons (Fsp3) is 0.280. The quantitative estimate of drug-likeness (QED) is 0.359. The first-order valence-corrected chi connectivity index (χ1v) is 11.4. The summed E-state index contributed by atoms with van der Waals surface area (Å²) in [5.41, 5.74) is 1.60. The summed E-state index contributed by atoms with van der Waals surface area (Å²) < 4.78 is 19.2. The van der Waals surface area contributed by atoms with Crippen molar-refractivity contribution in [3.63, 3.8) is 0 Å². The molecule has 0 spiro atoms. The molecule has 2 aromatic carbocycles. The molecule has 0 aliphatic rings. The molecule has 10 heteroatoms. The Labute approximate surface area is 208 Å². The van der Waals surface area contributed by atoms with Crippen LogP contribution < -0.4 is 15.4 Å². The lowest BCUT2D eigenvalue weighted by molar-refractivity contribution is -0.117. The summed E-state index contributed by atoms with van der Waals surface area (Å²) in [5.74, 6) is 0.198. The highest BCUT2D eigenvalue weighted by Crippen LogP contribution is 2.33. The van der Waals surface area contributed by atoms with Crippen LogP contribution in [0.25, 0.3) is 10.9 Å². The smallest absolute Gasteiger partial charge is 0.248 e. The van der Waals surface area contributed by atoms with Gasteiger partial charge in [-0.2, -0.15) is 0 Å². The number of ketones is 1. The van der Waals surface area contributed by atoms with Crippen LogP contribution in [0.2, 0.25) is 5.02 Å². The molecule has 184 valence electrons. The van der Waals surface area contributed by atoms with Gasteiger partial charge in [0.2, 0.25) is 5.91 Å². The molecule has 8 nitrogen and oxygen atoms in total. The Balaban J connectivity index is 1.82. The molecule has 0 saturated carbocycles. The van der Waals surface area contributed by atoms with Crippen molar-refractivity contribution in [3.05, 3.63) is 59.7 Å². The summed E-state index contributed by atoms with van der Waals surface area (Å²) in [6.07, 6.45) is 5.03. The first kappa shape index (κ1) is 26.1. The normalized spacial score (nSPS) is 11.3. The lowest BCUT2D eigenvalue weighted by atomic mass is 10.1. The molecule has 0 saturated heterocycles. The van der Waals surface area contributed by atoms with E-state index < -0.39 is 5.82 Å². The van der Waals surface area contributed by atoms with Gasteiger partial charge in [0.1, 0.15) is 29.5 Å². The number of amides is 1. The van der Waals surface area contributed by atoms with Gasteiger partial charge in [0.15, 0.2) is 0 Å². The van der Waals surface area contributed by atoms with Gasteiger partial charge in [-0.3, -0.25) is 9.59 Å². The Bertz CT molecular complexity index is 1250. The summed E-state index contributed by atoms with van der Waals surface area (Å²) in [4.78, 5) is 34.2. The van der Waals surface area contributed by atoms with Crippen LogP contribution in [0.1, 0.15) is 20.3 Å². The number of carbonyl (C=O) groups excluding carboxylic acids is 2. The Hall–Kier alpha value is -3.56. The molecule has 0 bridgehead atoms. The van der Waals surface area contributed by atoms with Crippen molar-refractivity contribution in [3.8, 4) is 5.75 Å². The molecule has 1 heterocycles. The first-order valence-electron chi connectivity index (χ1n) is 11.1. The van der Waals surface area contributed by atoms with Crippen molar-refractivity contribution in [2.24, 2.45) is 0 Å². The zero-order valence-corrected chi connectivity index (χ0v) is 20.5. The van der Waals surface area contributed by atoms with E-state index in [9.17, 15) is 14.0 Å². The maximum Gasteiger partial charge on any atom is 0.248 e. The summed E-state index contributed by atoms with van der Waals surface area (Å²) in [5, 5.41) is 6.57. The van der Waals surface area contributed by atoms with Crippen molar-refractivity contribution in [1.82, 2.24) is 14.9 Å². The summed E-state index contributed by atoms with van der Waals surface area (Å²) in [6, 6.07) is 7.71. The predicted molar refractivity (Wildman–Crippen MR) is 136 cm³/mol. The highest BCUT2D eigenvalue weighted by molar-refractivity contribution is 6.31. The molecule has 1 amide bonds. The topological polar surface area (TPSA) is 96.5 Å². The number of aromatic nitrogens is 2. The molecule has 0 radical (unpaired) electrons. The van der Waals surface area contributed by atoms with E-state index in [0.717, 1.165) is 0 Å². The van der Waals surface area contributed by atoms with Gasteiger partial charge in [-0.15, -0.1) is 0 Å². The standard InChI is InChI=1S/C25H27ClFN5O3/c1-4-35-23-14-21-18(25(29-15-28-21)30-17-7-8-20(27)19(26)12-17)13-22(23)31-24(34)6-5-10-32(3)11-9-16(2)33/h5-8,12-15H,4,9-11H2,1-3H3,(H,31,34)(H,28,29,30)/b6-5+. The number of nitrogens with one attached hydrogen (secondary N) is 2. The average Bonchev–Trinajstić information content (AvgIpc) is 2.81. The van der Waals surface area contributed by atoms with Crippen LogP contribution in [-0.2, 0) is 9.59 Å². The van der Waals surface area contributed by atoms with Crippen LogP contribution in [-0.4, -0.2) is 53.3 Å². The van der Waals surface area contributed by atoms with Gasteiger partial charge in [0.05, 0.1) is 22.8 Å². The summed E-state index contributed by atoms with van der Waals surface area (Å²) >= 11 is 5.89. The lowest BCUT2D eigenvalue weighted by Gasteiger charge is -2.15. The molecule has 3 rings (SSSR count). The Kier molecular flexibility index (Phi) is 9.11. The number of hydrogen-bond donors (Lipinski definition) is 2. The number of likely N-dealkylation sites (N-methyl/N-ethyl adjacent to an activating group) is 1. The molecule has 0 fully saturated rings. The molecular formula is C25H27ClFN5O3. The fourth-order valence-electron chi connectivity index (χ4n) is 3.22. The number of Topliss-reactive ketones (excluding diaryl/α,β-unsaturated/α-hetero) is 1. The molecule has 0 atom stereocenters. The fourth-order valence-corrected chi connectivity index (χ4v) is 3.40. The molecule has 3 aromatic rings. The molecule has 0 aliphatic heterocycles. The van der Waals surface area contributed by atoms with E-state index in [1.165, 1.54) is 24.5 Å². The number of halogens is 2. The second-order valence-corrected chi connectivity index (χ2v) is 8.29. The highest BCUT2D eigenvalue weighted by atomic mass is 35.5. The number of rotatable bonds is 11. The van der Waals surface area contributed by atoms with Crippen molar-refractivity contribution in [1.29, 1.82) is 0 Å². The van der Waals surface area contributed by atoms with Crippen LogP contribution >= 0.6 is 11.6 Å². The number of carbonyl (C=O) groups is 2. The third kappa shape index (κ3) is 7.46. The predicted octanol–water partition coefficient (Wildman–Crippen LogP) is 4.97. The molecule has 35 heavy (non-hydrogen) atoms. The molecule has 2 N–H and O–H groups in total. The third-order valence-electron chi connectivity index (χ3n) is 5.01. The highest BCUT2D eigenvalue weighted by Gasteiger charge is 2.13. The number of benzene rings is 2. The number of hydrogen-bond acceptors (Lipinski definition) is 7. The number of anilines is 3. The molecular weight excluding hydrogens is 473 g/mol. The van der Waals surface area contributed by atoms with Crippen LogP contribution in [0, 0.1) is 5.82 Å². The lowest BCUT2D eigenvalue weighted by Crippen LogP contribution is -2.21. The average molecular weight is 500 g/mol. The van der Waals surface area contributed by atoms with Crippen molar-refractivity contribution < 1.29 is 18.7 Å². The summed E-state index contributed by atoms with van der Waals surface area (Å²) in [6.45, 7) is 4.94. The van der Waals surface area contributed by atoms with Crippen molar-refractivity contribution >= 4 is 51.4 Å². The minimum atomic E-state index is -0.519. The molecule has 1 aromatic heterocycles. The van der Waals surface area contributed by atoms with E-state index in [1.807, 2.05) is 18.9 Å². The first-order chi connectivity index (χ1) is 16.8. The van der Waals surface area contributed by atoms with E-state index in [1.54, 1.807) is 31.2 Å². The van der Waals surface area contributed by atoms with Gasteiger partial charge in [-0.1, -0.05) is 17.7 Å². The van der Waals surface area contributed by atoms with Gasteiger partial charge in [0.25, 0.3) is 0 Å². The van der Waals surface area contributed by atoms with E-state index in [-0.39, 0.29) is 16.7 Å². The minimum absolute atomic E-state index is 0.0151. The van der Waals surface area contributed by atoms with E-state index >= 15 is 0 Å². The zero-order chi connectivity index (χ0) is 25.4. The van der Waals surface area contributed by atoms with Gasteiger partial charge >= 0.3 is 0 Å². The molecule has 0 unspecified atom stereocenters. The molecule has 0 aliphatic carbocycles. The van der Waals surface area contributed by atoms with E-state index in [2.05, 4.69) is 20.6 Å². The van der Waals surface area contributed by atoms with Gasteiger partial charge in [0, 0.05) is 42.7 Å². The third-order valence-corrected chi connectivity index (χ3v) is 5.30. The van der Waals surface area contributed by atoms with Crippen LogP contribution in [0.15, 0.2) is 48.8 Å². The van der Waals surface area contributed by atoms with E-state index in [4.69, 9.17) is 16.3 Å². The van der Waals surface area contributed by atoms with Crippen LogP contribution in [0.3, 0.4) is 0 Å². The monoisotopic (exact) mass is 499 g/mol. The SMILES string of the molecule is CCOc1cc2ncnc(Nc3ccc(F)c(Cl)c3)c2cc1NC(=O)/C=C/CN(C)CCC(C)=O. The minimum Gasteiger partial charge on any atom is -0.492 e. The van der Waals surface area contributed by atoms with Crippen LogP contribution in [0.4, 0.5) is 21.6 Å². The Morgan fingerprint density at radius 3 is 2.74 bits per heavy atom. The number of fused-ring (bicyclic) bond motifs is 1. The Morgan fingerprint density at radius 1 is 1.23 bits per heavy atom. The number of ether oxygens (including phenoxy) is 1. The second-order valence-electron chi connectivity index (χ2n) is 7.88. The van der Waals surface area contributed by atoms with Gasteiger partial charge in [-0.25, -0.2) is 14.4 Å². The zero-order valence-electron chi connectivity index (χ0n) is 19.8. The maximum atomic E-state index is 13.5. The van der Waals surface area contributed by atoms with Crippen molar-refractivity contribution in [2.45, 2.75) is 20.3 Å². The van der Waals surface area contributed by atoms with Crippen LogP contribution in [0.5, 0.6) is 5.75 Å².